The van der Waals surface area contributed by atoms with Gasteiger partial charge in [-0.25, -0.2) is 9.59 Å². The van der Waals surface area contributed by atoms with Crippen molar-refractivity contribution in [3.63, 3.8) is 0 Å². The molecule has 1 unspecified atom stereocenters. The third-order valence-electron chi connectivity index (χ3n) is 6.26. The van der Waals surface area contributed by atoms with Crippen LogP contribution in [0.5, 0.6) is 11.5 Å². The van der Waals surface area contributed by atoms with Crippen molar-refractivity contribution in [1.82, 2.24) is 9.80 Å². The number of amides is 2. The van der Waals surface area contributed by atoms with Gasteiger partial charge in [-0.1, -0.05) is 17.8 Å². The molecule has 2 aliphatic rings. The molecule has 2 aromatic carbocycles. The highest BCUT2D eigenvalue weighted by Gasteiger charge is 2.38. The predicted molar refractivity (Wildman–Crippen MR) is 147 cm³/mol. The molecule has 0 aromatic heterocycles. The van der Waals surface area contributed by atoms with E-state index in [9.17, 15) is 27.6 Å². The van der Waals surface area contributed by atoms with E-state index < -0.39 is 41.4 Å². The lowest BCUT2D eigenvalue weighted by Crippen LogP contribution is -2.59. The van der Waals surface area contributed by atoms with Crippen LogP contribution in [0.1, 0.15) is 31.9 Å². The number of benzene rings is 2. The number of rotatable bonds is 5. The Bertz CT molecular complexity index is 1370. The number of hydrogen-bond donors (Lipinski definition) is 0. The molecule has 9 nitrogen and oxygen atoms in total. The number of methoxy groups -OCH3 is 1. The number of fused-ring (bicyclic) bond motifs is 1. The van der Waals surface area contributed by atoms with E-state index in [0.717, 1.165) is 31.0 Å². The molecule has 1 fully saturated rings. The summed E-state index contributed by atoms with van der Waals surface area (Å²) in [6.07, 6.45) is -2.93. The van der Waals surface area contributed by atoms with E-state index in [4.69, 9.17) is 18.9 Å². The first-order chi connectivity index (χ1) is 19.7. The van der Waals surface area contributed by atoms with E-state index >= 15 is 0 Å². The molecule has 2 heterocycles. The number of ether oxygens (including phenoxy) is 4. The summed E-state index contributed by atoms with van der Waals surface area (Å²) in [5.41, 5.74) is -1.47. The van der Waals surface area contributed by atoms with Crippen molar-refractivity contribution in [2.24, 2.45) is 0 Å². The van der Waals surface area contributed by atoms with Crippen LogP contribution in [0.25, 0.3) is 6.08 Å². The molecule has 13 heteroatoms. The Labute approximate surface area is 245 Å². The Morgan fingerprint density at radius 1 is 1.00 bits per heavy atom. The van der Waals surface area contributed by atoms with Gasteiger partial charge in [-0.3, -0.25) is 4.79 Å². The molecule has 0 radical (unpaired) electrons. The Kier molecular flexibility index (Phi) is 9.29. The van der Waals surface area contributed by atoms with E-state index in [1.165, 1.54) is 28.0 Å². The number of nitrogens with zero attached hydrogens (tertiary/aromatic N) is 2. The summed E-state index contributed by atoms with van der Waals surface area (Å²) in [6.45, 7) is 5.84. The minimum atomic E-state index is -4.65. The van der Waals surface area contributed by atoms with Gasteiger partial charge in [-0.15, -0.1) is 0 Å². The van der Waals surface area contributed by atoms with Crippen molar-refractivity contribution in [3.05, 3.63) is 53.6 Å². The van der Waals surface area contributed by atoms with E-state index in [2.05, 4.69) is 0 Å². The van der Waals surface area contributed by atoms with Gasteiger partial charge in [0.2, 0.25) is 5.91 Å². The molecular weight excluding hydrogens is 577 g/mol. The predicted octanol–water partition coefficient (Wildman–Crippen LogP) is 5.26. The van der Waals surface area contributed by atoms with Crippen LogP contribution in [0.15, 0.2) is 52.3 Å². The third-order valence-corrected chi connectivity index (χ3v) is 7.32. The van der Waals surface area contributed by atoms with Crippen molar-refractivity contribution in [3.8, 4) is 11.5 Å². The van der Waals surface area contributed by atoms with Crippen LogP contribution in [0.3, 0.4) is 0 Å². The molecule has 1 saturated heterocycles. The maximum atomic E-state index is 14.0. The normalized spacial score (nSPS) is 17.3. The summed E-state index contributed by atoms with van der Waals surface area (Å²) in [6, 6.07) is 7.61. The van der Waals surface area contributed by atoms with Gasteiger partial charge in [0.15, 0.2) is 11.5 Å². The molecule has 2 aliphatic heterocycles. The summed E-state index contributed by atoms with van der Waals surface area (Å²) >= 11 is 0.933. The van der Waals surface area contributed by atoms with Gasteiger partial charge < -0.3 is 28.7 Å². The molecular formula is C29H31F3N2O7S. The molecule has 0 aliphatic carbocycles. The zero-order valence-corrected chi connectivity index (χ0v) is 24.3. The molecule has 0 N–H and O–H groups in total. The van der Waals surface area contributed by atoms with Crippen LogP contribution < -0.4 is 9.47 Å². The van der Waals surface area contributed by atoms with Gasteiger partial charge in [-0.2, -0.15) is 13.2 Å². The van der Waals surface area contributed by atoms with Crippen LogP contribution in [-0.2, 0) is 25.2 Å². The summed E-state index contributed by atoms with van der Waals surface area (Å²) in [5.74, 6) is -0.343. The summed E-state index contributed by atoms with van der Waals surface area (Å²) in [4.78, 5) is 41.1. The number of alkyl halides is 3. The lowest BCUT2D eigenvalue weighted by Gasteiger charge is -2.39. The molecule has 1 atom stereocenters. The van der Waals surface area contributed by atoms with Gasteiger partial charge in [0, 0.05) is 29.0 Å². The highest BCUT2D eigenvalue weighted by atomic mass is 32.2. The highest BCUT2D eigenvalue weighted by molar-refractivity contribution is 7.99. The van der Waals surface area contributed by atoms with Gasteiger partial charge in [0.05, 0.1) is 19.2 Å². The van der Waals surface area contributed by atoms with Crippen LogP contribution in [-0.4, -0.2) is 79.4 Å². The Morgan fingerprint density at radius 2 is 1.71 bits per heavy atom. The van der Waals surface area contributed by atoms with Crippen molar-refractivity contribution in [2.45, 2.75) is 48.4 Å². The van der Waals surface area contributed by atoms with Gasteiger partial charge >= 0.3 is 18.2 Å². The average Bonchev–Trinajstić information content (AvgIpc) is 2.94. The lowest BCUT2D eigenvalue weighted by molar-refractivity contribution is -0.154. The first-order valence-electron chi connectivity index (χ1n) is 13.1. The molecule has 4 rings (SSSR count). The molecule has 42 heavy (non-hydrogen) atoms. The maximum Gasteiger partial charge on any atom is 0.417 e. The minimum Gasteiger partial charge on any atom is -0.486 e. The third kappa shape index (κ3) is 7.69. The van der Waals surface area contributed by atoms with Crippen molar-refractivity contribution >= 4 is 35.8 Å². The van der Waals surface area contributed by atoms with Gasteiger partial charge in [-0.05, 0) is 62.7 Å². The van der Waals surface area contributed by atoms with E-state index in [1.54, 1.807) is 39.0 Å². The SMILES string of the molecule is COC(=O)C1CN(C(=O)OC(C)(C)C)CCN1C(=O)C=Cc1ccc(Sc2ccc3c(c2)OCCO3)c(C(F)(F)F)c1. The average molecular weight is 609 g/mol. The van der Waals surface area contributed by atoms with Crippen molar-refractivity contribution in [1.29, 1.82) is 0 Å². The molecule has 0 spiro atoms. The van der Waals surface area contributed by atoms with Crippen LogP contribution in [0, 0.1) is 0 Å². The Balaban J connectivity index is 1.50. The quantitative estimate of drug-likeness (QED) is 0.335. The number of carbonyl (C=O) groups is 3. The second kappa shape index (κ2) is 12.6. The standard InChI is InChI=1S/C29H31F3N2O7S/c1-28(2,3)41-27(37)33-11-12-34(21(17-33)26(36)38-4)25(35)10-6-18-5-9-24(20(15-18)29(30,31)32)42-19-7-8-22-23(16-19)40-14-13-39-22/h5-10,15-16,21H,11-14,17H2,1-4H3. The molecule has 0 saturated carbocycles. The maximum absolute atomic E-state index is 14.0. The molecule has 2 aromatic rings. The zero-order valence-electron chi connectivity index (χ0n) is 23.5. The van der Waals surface area contributed by atoms with E-state index in [0.29, 0.717) is 29.6 Å². The monoisotopic (exact) mass is 608 g/mol. The minimum absolute atomic E-state index is 0.00109. The number of esters is 1. The van der Waals surface area contributed by atoms with Crippen molar-refractivity contribution in [2.75, 3.05) is 40.0 Å². The zero-order chi connectivity index (χ0) is 30.7. The first kappa shape index (κ1) is 31.1. The Morgan fingerprint density at radius 3 is 2.38 bits per heavy atom. The van der Waals surface area contributed by atoms with Gasteiger partial charge in [0.25, 0.3) is 0 Å². The lowest BCUT2D eigenvalue weighted by atomic mass is 10.1. The van der Waals surface area contributed by atoms with Crippen LogP contribution in [0.4, 0.5) is 18.0 Å². The highest BCUT2D eigenvalue weighted by Crippen LogP contribution is 2.42. The van der Waals surface area contributed by atoms with Gasteiger partial charge in [0.1, 0.15) is 24.9 Å². The number of carbonyl (C=O) groups excluding carboxylic acids is 3. The first-order valence-corrected chi connectivity index (χ1v) is 13.9. The fourth-order valence-electron chi connectivity index (χ4n) is 4.32. The van der Waals surface area contributed by atoms with Crippen LogP contribution in [0.2, 0.25) is 0 Å². The Hall–Kier alpha value is -3.87. The largest absolute Gasteiger partial charge is 0.486 e. The smallest absolute Gasteiger partial charge is 0.417 e. The second-order valence-electron chi connectivity index (χ2n) is 10.5. The summed E-state index contributed by atoms with van der Waals surface area (Å²) < 4.78 is 63.3. The van der Waals surface area contributed by atoms with E-state index in [1.807, 2.05) is 0 Å². The number of halogens is 3. The fourth-order valence-corrected chi connectivity index (χ4v) is 5.29. The number of piperazine rings is 1. The summed E-state index contributed by atoms with van der Waals surface area (Å²) in [5, 5.41) is 0. The molecule has 226 valence electrons. The molecule has 2 amide bonds. The topological polar surface area (TPSA) is 94.6 Å². The fraction of sp³-hybridized carbons (Fsp3) is 0.414. The summed E-state index contributed by atoms with van der Waals surface area (Å²) in [7, 11) is 1.16. The second-order valence-corrected chi connectivity index (χ2v) is 11.6. The molecule has 0 bridgehead atoms. The van der Waals surface area contributed by atoms with Crippen molar-refractivity contribution < 1.29 is 46.5 Å². The van der Waals surface area contributed by atoms with E-state index in [-0.39, 0.29) is 30.1 Å². The number of hydrogen-bond acceptors (Lipinski definition) is 8. The van der Waals surface area contributed by atoms with Crippen LogP contribution >= 0.6 is 11.8 Å².